The molecule has 1 N–H and O–H groups in total. The number of carbonyl (C=O) groups excluding carboxylic acids is 2. The Labute approximate surface area is 218 Å². The van der Waals surface area contributed by atoms with Gasteiger partial charge in [-0.1, -0.05) is 36.4 Å². The number of amides is 1. The predicted molar refractivity (Wildman–Crippen MR) is 144 cm³/mol. The van der Waals surface area contributed by atoms with Crippen molar-refractivity contribution >= 4 is 18.1 Å². The molecule has 0 unspecified atom stereocenters. The molecule has 7 heteroatoms. The van der Waals surface area contributed by atoms with Crippen molar-refractivity contribution in [3.63, 3.8) is 0 Å². The Morgan fingerprint density at radius 3 is 2.38 bits per heavy atom. The molecule has 0 saturated carbocycles. The molecule has 1 heterocycles. The SMILES string of the molecule is CC(C)(C)OC(=O)COc1ccc(C=NNC(=O)c2ccc(CN3CCc4ccccc4C3)cc2)cc1. The Bertz CT molecular complexity index is 1250. The van der Waals surface area contributed by atoms with Crippen molar-refractivity contribution < 1.29 is 19.1 Å². The molecule has 4 rings (SSSR count). The third-order valence-corrected chi connectivity index (χ3v) is 5.87. The van der Waals surface area contributed by atoms with Crippen LogP contribution in [-0.2, 0) is 29.0 Å². The third kappa shape index (κ3) is 8.02. The molecule has 0 aliphatic carbocycles. The van der Waals surface area contributed by atoms with E-state index in [-0.39, 0.29) is 12.5 Å². The standard InChI is InChI=1S/C30H33N3O4/c1-30(2,3)37-28(34)21-36-27-14-10-22(11-15-27)18-31-32-29(35)25-12-8-23(9-13-25)19-33-17-16-24-6-4-5-7-26(24)20-33/h4-15,18H,16-17,19-21H2,1-3H3,(H,32,35). The second kappa shape index (κ2) is 11.8. The molecule has 0 atom stereocenters. The summed E-state index contributed by atoms with van der Waals surface area (Å²) >= 11 is 0. The molecule has 0 fully saturated rings. The lowest BCUT2D eigenvalue weighted by molar-refractivity contribution is -0.157. The van der Waals surface area contributed by atoms with E-state index in [1.807, 2.05) is 45.0 Å². The largest absolute Gasteiger partial charge is 0.482 e. The van der Waals surface area contributed by atoms with Crippen molar-refractivity contribution in [1.29, 1.82) is 0 Å². The van der Waals surface area contributed by atoms with E-state index in [0.717, 1.165) is 31.6 Å². The van der Waals surface area contributed by atoms with Crippen molar-refractivity contribution in [2.45, 2.75) is 45.9 Å². The Balaban J connectivity index is 1.22. The highest BCUT2D eigenvalue weighted by atomic mass is 16.6. The first-order chi connectivity index (χ1) is 17.7. The van der Waals surface area contributed by atoms with Crippen LogP contribution in [-0.4, -0.2) is 41.7 Å². The maximum atomic E-state index is 12.5. The number of nitrogens with zero attached hydrogens (tertiary/aromatic N) is 2. The summed E-state index contributed by atoms with van der Waals surface area (Å²) in [6, 6.07) is 23.3. The molecule has 1 amide bonds. The van der Waals surface area contributed by atoms with Crippen molar-refractivity contribution in [2.75, 3.05) is 13.2 Å². The number of rotatable bonds is 8. The fourth-order valence-electron chi connectivity index (χ4n) is 4.10. The topological polar surface area (TPSA) is 80.2 Å². The highest BCUT2D eigenvalue weighted by Crippen LogP contribution is 2.20. The first-order valence-electron chi connectivity index (χ1n) is 12.4. The second-order valence-electron chi connectivity index (χ2n) is 10.1. The first kappa shape index (κ1) is 26.1. The maximum Gasteiger partial charge on any atom is 0.344 e. The Hall–Kier alpha value is -3.97. The van der Waals surface area contributed by atoms with Gasteiger partial charge in [-0.05, 0) is 85.8 Å². The van der Waals surface area contributed by atoms with E-state index in [0.29, 0.717) is 11.3 Å². The van der Waals surface area contributed by atoms with Gasteiger partial charge >= 0.3 is 5.97 Å². The van der Waals surface area contributed by atoms with Gasteiger partial charge in [0, 0.05) is 25.2 Å². The second-order valence-corrected chi connectivity index (χ2v) is 10.1. The van der Waals surface area contributed by atoms with Gasteiger partial charge in [0.25, 0.3) is 5.91 Å². The van der Waals surface area contributed by atoms with Crippen LogP contribution >= 0.6 is 0 Å². The van der Waals surface area contributed by atoms with Gasteiger partial charge in [-0.15, -0.1) is 0 Å². The van der Waals surface area contributed by atoms with E-state index >= 15 is 0 Å². The van der Waals surface area contributed by atoms with E-state index < -0.39 is 11.6 Å². The summed E-state index contributed by atoms with van der Waals surface area (Å²) in [5.41, 5.74) is 7.36. The van der Waals surface area contributed by atoms with Crippen LogP contribution in [0.25, 0.3) is 0 Å². The Kier molecular flexibility index (Phi) is 8.36. The number of nitrogens with one attached hydrogen (secondary N) is 1. The quantitative estimate of drug-likeness (QED) is 0.275. The minimum absolute atomic E-state index is 0.161. The van der Waals surface area contributed by atoms with Crippen LogP contribution in [0.1, 0.15) is 53.4 Å². The average molecular weight is 500 g/mol. The molecule has 0 bridgehead atoms. The molecule has 7 nitrogen and oxygen atoms in total. The highest BCUT2D eigenvalue weighted by Gasteiger charge is 2.17. The van der Waals surface area contributed by atoms with Gasteiger partial charge in [0.2, 0.25) is 0 Å². The summed E-state index contributed by atoms with van der Waals surface area (Å²) in [6.45, 7) is 8.10. The molecule has 1 aliphatic rings. The Morgan fingerprint density at radius 2 is 1.68 bits per heavy atom. The average Bonchev–Trinajstić information content (AvgIpc) is 2.87. The lowest BCUT2D eigenvalue weighted by atomic mass is 9.99. The number of esters is 1. The zero-order valence-electron chi connectivity index (χ0n) is 21.6. The molecule has 192 valence electrons. The summed E-state index contributed by atoms with van der Waals surface area (Å²) in [5.74, 6) is -0.154. The molecule has 3 aromatic carbocycles. The van der Waals surface area contributed by atoms with Crippen LogP contribution in [0.5, 0.6) is 5.75 Å². The van der Waals surface area contributed by atoms with Crippen LogP contribution in [0, 0.1) is 0 Å². The third-order valence-electron chi connectivity index (χ3n) is 5.87. The number of hydrogen-bond acceptors (Lipinski definition) is 6. The summed E-state index contributed by atoms with van der Waals surface area (Å²) in [4.78, 5) is 26.7. The lowest BCUT2D eigenvalue weighted by Crippen LogP contribution is -2.30. The Morgan fingerprint density at radius 1 is 0.973 bits per heavy atom. The number of fused-ring (bicyclic) bond motifs is 1. The van der Waals surface area contributed by atoms with Gasteiger partial charge < -0.3 is 9.47 Å². The van der Waals surface area contributed by atoms with Crippen molar-refractivity contribution in [2.24, 2.45) is 5.10 Å². The zero-order valence-corrected chi connectivity index (χ0v) is 21.6. The fraction of sp³-hybridized carbons (Fsp3) is 0.300. The van der Waals surface area contributed by atoms with Gasteiger partial charge in [-0.3, -0.25) is 9.69 Å². The molecule has 0 saturated heterocycles. The van der Waals surface area contributed by atoms with Gasteiger partial charge in [0.1, 0.15) is 11.4 Å². The van der Waals surface area contributed by atoms with E-state index in [2.05, 4.69) is 39.7 Å². The van der Waals surface area contributed by atoms with E-state index in [1.54, 1.807) is 30.5 Å². The van der Waals surface area contributed by atoms with Gasteiger partial charge in [0.15, 0.2) is 6.61 Å². The van der Waals surface area contributed by atoms with E-state index in [9.17, 15) is 9.59 Å². The van der Waals surface area contributed by atoms with Gasteiger partial charge in [-0.2, -0.15) is 5.10 Å². The van der Waals surface area contributed by atoms with Crippen LogP contribution in [0.2, 0.25) is 0 Å². The first-order valence-corrected chi connectivity index (χ1v) is 12.4. The van der Waals surface area contributed by atoms with E-state index in [4.69, 9.17) is 9.47 Å². The maximum absolute atomic E-state index is 12.5. The van der Waals surface area contributed by atoms with Crippen LogP contribution < -0.4 is 10.2 Å². The van der Waals surface area contributed by atoms with Crippen LogP contribution in [0.3, 0.4) is 0 Å². The van der Waals surface area contributed by atoms with E-state index in [1.165, 1.54) is 16.7 Å². The highest BCUT2D eigenvalue weighted by molar-refractivity contribution is 5.94. The zero-order chi connectivity index (χ0) is 26.3. The van der Waals surface area contributed by atoms with Crippen LogP contribution in [0.4, 0.5) is 0 Å². The summed E-state index contributed by atoms with van der Waals surface area (Å²) in [7, 11) is 0. The van der Waals surface area contributed by atoms with Crippen molar-refractivity contribution in [3.8, 4) is 5.75 Å². The van der Waals surface area contributed by atoms with Crippen molar-refractivity contribution in [3.05, 3.63) is 101 Å². The number of benzene rings is 3. The number of hydrazone groups is 1. The van der Waals surface area contributed by atoms with Crippen LogP contribution in [0.15, 0.2) is 77.9 Å². The number of hydrogen-bond donors (Lipinski definition) is 1. The van der Waals surface area contributed by atoms with Crippen molar-refractivity contribution in [1.82, 2.24) is 10.3 Å². The molecule has 0 aromatic heterocycles. The molecule has 1 aliphatic heterocycles. The predicted octanol–water partition coefficient (Wildman–Crippen LogP) is 4.73. The van der Waals surface area contributed by atoms with Gasteiger partial charge in [-0.25, -0.2) is 10.2 Å². The number of carbonyl (C=O) groups is 2. The minimum atomic E-state index is -0.548. The van der Waals surface area contributed by atoms with Gasteiger partial charge in [0.05, 0.1) is 6.21 Å². The molecule has 0 radical (unpaired) electrons. The molecule has 0 spiro atoms. The smallest absolute Gasteiger partial charge is 0.344 e. The number of ether oxygens (including phenoxy) is 2. The summed E-state index contributed by atoms with van der Waals surface area (Å²) in [5, 5.41) is 4.05. The molecule has 3 aromatic rings. The fourth-order valence-corrected chi connectivity index (χ4v) is 4.10. The molecular weight excluding hydrogens is 466 g/mol. The summed E-state index contributed by atoms with van der Waals surface area (Å²) < 4.78 is 10.7. The molecule has 37 heavy (non-hydrogen) atoms. The summed E-state index contributed by atoms with van der Waals surface area (Å²) in [6.07, 6.45) is 2.62. The minimum Gasteiger partial charge on any atom is -0.482 e. The monoisotopic (exact) mass is 499 g/mol. The normalized spacial score (nSPS) is 13.7. The lowest BCUT2D eigenvalue weighted by Gasteiger charge is -2.28. The molecular formula is C30H33N3O4.